The van der Waals surface area contributed by atoms with E-state index in [9.17, 15) is 21.0 Å². The molecule has 1 unspecified atom stereocenters. The standard InChI is InChI=1S/C19H32N2O.C17H27N3O3S.C16H26N2O2S.C16H25NOS/c1-18(2,3)15-22-21-13-11-20(12-14-21)17-9-7-16(8-10-17)19(4,5)6;1-15(2)16-3-5-17(6-4-16)18-7-9-19(10-8-18)24(21,22)20-11-13-23-14-12-20;1-13(2)14-5-7-15(8-6-14)16-9-11-18(12-10-16)21(19,20)17(3)4;1-13(2)14-5-7-15(8-6-14)16-9-11-17(12-10-16)19(3,4)18/h7-10H,11-15H2,1-6H3;3-6,15H,7-14H2,1-2H3;5-8,13,16H,9-12H2,1-4H3;5-8,13,16H,3,9-12H2,1-2,4H3. The average Bonchev–Trinajstić information content (AvgIpc) is 3.70. The van der Waals surface area contributed by atoms with E-state index in [0.717, 1.165) is 84.6 Å². The number of piperidine rings is 2. The fourth-order valence-electron chi connectivity index (χ4n) is 11.3. The Bertz CT molecular complexity index is 2980. The van der Waals surface area contributed by atoms with E-state index in [2.05, 4.69) is 201 Å². The summed E-state index contributed by atoms with van der Waals surface area (Å²) in [5.41, 5.74) is 11.2. The number of rotatable bonds is 14. The number of benzene rings is 4. The predicted molar refractivity (Wildman–Crippen MR) is 362 cm³/mol. The minimum Gasteiger partial charge on any atom is -0.379 e. The van der Waals surface area contributed by atoms with Gasteiger partial charge in [-0.15, -0.1) is 0 Å². The molecule has 5 saturated heterocycles. The number of piperazine rings is 2. The van der Waals surface area contributed by atoms with Crippen molar-refractivity contribution in [1.29, 1.82) is 0 Å². The largest absolute Gasteiger partial charge is 0.379 e. The van der Waals surface area contributed by atoms with Gasteiger partial charge in [0.2, 0.25) is 0 Å². The lowest BCUT2D eigenvalue weighted by Crippen LogP contribution is -2.55. The van der Waals surface area contributed by atoms with Crippen LogP contribution in [0.25, 0.3) is 0 Å². The third kappa shape index (κ3) is 21.1. The molecule has 5 aliphatic rings. The summed E-state index contributed by atoms with van der Waals surface area (Å²) in [6.07, 6.45) is 5.70. The molecule has 5 heterocycles. The first kappa shape index (κ1) is 71.2. The average molecular weight is 1250 g/mol. The lowest BCUT2D eigenvalue weighted by atomic mass is 9.87. The van der Waals surface area contributed by atoms with Gasteiger partial charge in [-0.1, -0.05) is 156 Å². The maximum Gasteiger partial charge on any atom is 0.282 e. The minimum atomic E-state index is -3.35. The van der Waals surface area contributed by atoms with Gasteiger partial charge in [0, 0.05) is 133 Å². The van der Waals surface area contributed by atoms with Crippen LogP contribution in [0, 0.1) is 5.41 Å². The van der Waals surface area contributed by atoms with Gasteiger partial charge in [0.05, 0.1) is 19.8 Å². The summed E-state index contributed by atoms with van der Waals surface area (Å²) in [7, 11) is -5.44. The van der Waals surface area contributed by atoms with E-state index in [-0.39, 0.29) is 10.8 Å². The van der Waals surface area contributed by atoms with Crippen molar-refractivity contribution < 1.29 is 30.6 Å². The fraction of sp³-hybridized carbons (Fsp3) is 0.632. The summed E-state index contributed by atoms with van der Waals surface area (Å²) in [6, 6.07) is 35.5. The number of ether oxygens (including phenoxy) is 1. The van der Waals surface area contributed by atoms with E-state index in [1.54, 1.807) is 33.3 Å². The second-order valence-corrected chi connectivity index (χ2v) is 34.0. The summed E-state index contributed by atoms with van der Waals surface area (Å²) in [5, 5.41) is 2.12. The number of hydrogen-bond acceptors (Lipinski definition) is 10. The Morgan fingerprint density at radius 2 is 0.860 bits per heavy atom. The van der Waals surface area contributed by atoms with Gasteiger partial charge in [-0.2, -0.15) is 39.1 Å². The van der Waals surface area contributed by atoms with Gasteiger partial charge in [-0.3, -0.25) is 9.05 Å². The van der Waals surface area contributed by atoms with Crippen molar-refractivity contribution >= 4 is 47.4 Å². The molecule has 482 valence electrons. The van der Waals surface area contributed by atoms with Crippen molar-refractivity contribution in [2.45, 2.75) is 144 Å². The molecule has 0 aliphatic carbocycles. The lowest BCUT2D eigenvalue weighted by Gasteiger charge is -2.38. The van der Waals surface area contributed by atoms with Crippen LogP contribution in [0.2, 0.25) is 0 Å². The molecule has 0 bridgehead atoms. The maximum atomic E-state index is 12.7. The number of morpholine rings is 1. The summed E-state index contributed by atoms with van der Waals surface area (Å²) < 4.78 is 74.8. The SMILES string of the molecule is C=S(C)(=O)N1CCC(c2ccc(C(C)C)cc2)CC1.CC(C)(C)CON1CCN(c2ccc(C(C)(C)C)cc2)CC1.CC(C)c1ccc(C2CCN(S(=O)(=O)N(C)C)CC2)cc1.CC(C)c1ccc(N2CCN(S(=O)(=O)N3CCOCC3)CC2)cc1. The second kappa shape index (κ2) is 31.7. The zero-order valence-electron chi connectivity index (χ0n) is 55.3. The minimum absolute atomic E-state index is 0.220. The molecule has 5 aliphatic heterocycles. The molecule has 0 radical (unpaired) electrons. The predicted octanol–water partition coefficient (Wildman–Crippen LogP) is 11.6. The molecule has 1 atom stereocenters. The maximum absolute atomic E-state index is 12.7. The molecule has 0 amide bonds. The van der Waals surface area contributed by atoms with Crippen molar-refractivity contribution in [3.05, 3.63) is 130 Å². The molecule has 0 aromatic heterocycles. The van der Waals surface area contributed by atoms with Crippen LogP contribution in [0.4, 0.5) is 11.4 Å². The van der Waals surface area contributed by atoms with Crippen molar-refractivity contribution in [3.63, 3.8) is 0 Å². The lowest BCUT2D eigenvalue weighted by molar-refractivity contribution is -0.180. The number of nitrogens with zero attached hydrogens (tertiary/aromatic N) is 8. The van der Waals surface area contributed by atoms with Crippen LogP contribution in [-0.4, -0.2) is 185 Å². The molecule has 15 nitrogen and oxygen atoms in total. The molecule has 9 rings (SSSR count). The van der Waals surface area contributed by atoms with Crippen LogP contribution < -0.4 is 9.80 Å². The first-order chi connectivity index (χ1) is 40.3. The Hall–Kier alpha value is -3.92. The normalized spacial score (nSPS) is 19.8. The highest BCUT2D eigenvalue weighted by Gasteiger charge is 2.34. The molecular weight excluding hydrogens is 1140 g/mol. The van der Waals surface area contributed by atoms with E-state index in [4.69, 9.17) is 9.57 Å². The first-order valence-electron chi connectivity index (χ1n) is 31.7. The highest BCUT2D eigenvalue weighted by Crippen LogP contribution is 2.33. The van der Waals surface area contributed by atoms with Gasteiger partial charge < -0.3 is 14.5 Å². The van der Waals surface area contributed by atoms with Crippen LogP contribution in [-0.2, 0) is 45.1 Å². The van der Waals surface area contributed by atoms with Gasteiger partial charge in [0.15, 0.2) is 0 Å². The smallest absolute Gasteiger partial charge is 0.282 e. The number of hydrogen-bond donors (Lipinski definition) is 0. The Balaban J connectivity index is 0.000000184. The molecule has 0 spiro atoms. The Morgan fingerprint density at radius 1 is 0.500 bits per heavy atom. The second-order valence-electron chi connectivity index (χ2n) is 27.5. The number of anilines is 2. The van der Waals surface area contributed by atoms with Crippen molar-refractivity contribution in [2.75, 3.05) is 142 Å². The van der Waals surface area contributed by atoms with Crippen molar-refractivity contribution in [2.24, 2.45) is 5.41 Å². The molecule has 18 heteroatoms. The zero-order chi connectivity index (χ0) is 63.2. The van der Waals surface area contributed by atoms with E-state index in [0.29, 0.717) is 82.1 Å². The first-order valence-corrected chi connectivity index (χ1v) is 36.6. The van der Waals surface area contributed by atoms with Gasteiger partial charge in [-0.05, 0) is 130 Å². The molecule has 0 saturated carbocycles. The van der Waals surface area contributed by atoms with Gasteiger partial charge >= 0.3 is 0 Å². The Kier molecular flexibility index (Phi) is 26.2. The third-order valence-corrected chi connectivity index (χ3v) is 22.6. The van der Waals surface area contributed by atoms with Crippen LogP contribution in [0.5, 0.6) is 0 Å². The zero-order valence-corrected chi connectivity index (χ0v) is 57.8. The van der Waals surface area contributed by atoms with Crippen LogP contribution >= 0.6 is 0 Å². The van der Waals surface area contributed by atoms with Crippen LogP contribution in [0.1, 0.15) is 172 Å². The molecule has 4 aromatic carbocycles. The molecule has 86 heavy (non-hydrogen) atoms. The summed E-state index contributed by atoms with van der Waals surface area (Å²) in [6.45, 7) is 38.8. The molecule has 0 N–H and O–H groups in total. The summed E-state index contributed by atoms with van der Waals surface area (Å²) in [4.78, 5) is 10.6. The molecule has 4 aromatic rings. The van der Waals surface area contributed by atoms with Gasteiger partial charge in [0.1, 0.15) is 0 Å². The Morgan fingerprint density at radius 3 is 1.22 bits per heavy atom. The Labute approximate surface area is 522 Å². The van der Waals surface area contributed by atoms with E-state index >= 15 is 0 Å². The van der Waals surface area contributed by atoms with Gasteiger partial charge in [-0.25, -0.2) is 4.31 Å². The van der Waals surface area contributed by atoms with E-state index in [1.807, 2.05) is 4.31 Å². The molecular formula is C68H110N8O7S3. The highest BCUT2D eigenvalue weighted by atomic mass is 32.2. The number of hydroxylamine groups is 2. The quantitative estimate of drug-likeness (QED) is 0.113. The van der Waals surface area contributed by atoms with E-state index in [1.165, 1.54) is 49.1 Å². The molecule has 5 fully saturated rings. The van der Waals surface area contributed by atoms with Crippen LogP contribution in [0.3, 0.4) is 0 Å². The van der Waals surface area contributed by atoms with E-state index < -0.39 is 30.1 Å². The monoisotopic (exact) mass is 1250 g/mol. The highest BCUT2D eigenvalue weighted by molar-refractivity contribution is 7.97. The topological polar surface area (TPSA) is 130 Å². The summed E-state index contributed by atoms with van der Waals surface area (Å²) >= 11 is 0. The summed E-state index contributed by atoms with van der Waals surface area (Å²) in [5.74, 6) is 6.52. The van der Waals surface area contributed by atoms with Crippen molar-refractivity contribution in [3.8, 4) is 0 Å². The van der Waals surface area contributed by atoms with Crippen molar-refractivity contribution in [1.82, 2.24) is 26.6 Å². The fourth-order valence-corrected chi connectivity index (χ4v) is 14.9. The third-order valence-electron chi connectivity index (χ3n) is 17.2. The van der Waals surface area contributed by atoms with Crippen LogP contribution in [0.15, 0.2) is 97.1 Å². The van der Waals surface area contributed by atoms with Gasteiger partial charge in [0.25, 0.3) is 20.4 Å².